The van der Waals surface area contributed by atoms with Gasteiger partial charge in [-0.15, -0.1) is 0 Å². The zero-order chi connectivity index (χ0) is 10.9. The molecule has 0 unspecified atom stereocenters. The topological polar surface area (TPSA) is 72.3 Å². The Bertz CT molecular complexity index is 326. The molecule has 0 amide bonds. The van der Waals surface area contributed by atoms with Gasteiger partial charge in [0.25, 0.3) is 0 Å². The minimum Gasteiger partial charge on any atom is -0.507 e. The van der Waals surface area contributed by atoms with Gasteiger partial charge in [0, 0.05) is 22.6 Å². The zero-order valence-electron chi connectivity index (χ0n) is 8.34. The van der Waals surface area contributed by atoms with Crippen LogP contribution in [-0.4, -0.2) is 11.7 Å². The molecule has 0 aliphatic carbocycles. The van der Waals surface area contributed by atoms with Gasteiger partial charge in [0.2, 0.25) is 0 Å². The van der Waals surface area contributed by atoms with Crippen molar-refractivity contribution >= 4 is 15.9 Å². The molecule has 1 atom stereocenters. The fourth-order valence-corrected chi connectivity index (χ4v) is 2.01. The second-order valence-electron chi connectivity index (χ2n) is 3.40. The summed E-state index contributed by atoms with van der Waals surface area (Å²) in [4.78, 5) is 0. The Morgan fingerprint density at radius 1 is 1.50 bits per heavy atom. The number of phenols is 1. The minimum atomic E-state index is -0.314. The van der Waals surface area contributed by atoms with Crippen LogP contribution in [0.1, 0.15) is 22.7 Å². The second-order valence-corrected chi connectivity index (χ2v) is 4.26. The number of rotatable bonds is 2. The van der Waals surface area contributed by atoms with Crippen molar-refractivity contribution in [3.63, 3.8) is 0 Å². The molecule has 78 valence electrons. The minimum absolute atomic E-state index is 0.253. The lowest BCUT2D eigenvalue weighted by Crippen LogP contribution is -2.22. The van der Waals surface area contributed by atoms with Crippen LogP contribution >= 0.6 is 15.9 Å². The third-order valence-corrected chi connectivity index (χ3v) is 3.18. The Kier molecular flexibility index (Phi) is 3.53. The standard InChI is InChI=1S/C10H15BrN2O/c1-5-3-7(11)6(2)9(10(5)14)8(13)4-12/h3,8,14H,4,12-13H2,1-2H3/t8-/m1/s1. The fourth-order valence-electron chi connectivity index (χ4n) is 1.46. The summed E-state index contributed by atoms with van der Waals surface area (Å²) in [5, 5.41) is 9.85. The largest absolute Gasteiger partial charge is 0.507 e. The van der Waals surface area contributed by atoms with Crippen molar-refractivity contribution in [2.45, 2.75) is 19.9 Å². The van der Waals surface area contributed by atoms with Gasteiger partial charge in [0.15, 0.2) is 0 Å². The first-order valence-corrected chi connectivity index (χ1v) is 5.22. The van der Waals surface area contributed by atoms with E-state index < -0.39 is 0 Å². The van der Waals surface area contributed by atoms with Crippen molar-refractivity contribution in [3.05, 3.63) is 27.2 Å². The van der Waals surface area contributed by atoms with Crippen LogP contribution < -0.4 is 11.5 Å². The number of hydrogen-bond acceptors (Lipinski definition) is 3. The number of hydrogen-bond donors (Lipinski definition) is 3. The summed E-state index contributed by atoms with van der Waals surface area (Å²) in [7, 11) is 0. The SMILES string of the molecule is Cc1cc(Br)c(C)c([C@H](N)CN)c1O. The predicted molar refractivity (Wildman–Crippen MR) is 61.3 cm³/mol. The van der Waals surface area contributed by atoms with Crippen LogP contribution in [-0.2, 0) is 0 Å². The van der Waals surface area contributed by atoms with Crippen LogP contribution in [0.3, 0.4) is 0 Å². The Labute approximate surface area is 92.2 Å². The van der Waals surface area contributed by atoms with Gasteiger partial charge in [-0.1, -0.05) is 15.9 Å². The van der Waals surface area contributed by atoms with Crippen LogP contribution in [0, 0.1) is 13.8 Å². The van der Waals surface area contributed by atoms with Gasteiger partial charge in [0.05, 0.1) is 0 Å². The van der Waals surface area contributed by atoms with E-state index in [9.17, 15) is 5.11 Å². The van der Waals surface area contributed by atoms with E-state index in [0.717, 1.165) is 21.2 Å². The fraction of sp³-hybridized carbons (Fsp3) is 0.400. The van der Waals surface area contributed by atoms with E-state index in [1.807, 2.05) is 19.9 Å². The highest BCUT2D eigenvalue weighted by atomic mass is 79.9. The van der Waals surface area contributed by atoms with Gasteiger partial charge in [-0.05, 0) is 31.0 Å². The van der Waals surface area contributed by atoms with E-state index in [1.54, 1.807) is 0 Å². The molecule has 0 aliphatic heterocycles. The van der Waals surface area contributed by atoms with Crippen molar-refractivity contribution in [2.75, 3.05) is 6.54 Å². The number of aryl methyl sites for hydroxylation is 1. The maximum absolute atomic E-state index is 9.85. The summed E-state index contributed by atoms with van der Waals surface area (Å²) >= 11 is 3.42. The molecule has 0 bridgehead atoms. The maximum atomic E-state index is 9.85. The van der Waals surface area contributed by atoms with Crippen LogP contribution in [0.15, 0.2) is 10.5 Å². The number of phenolic OH excluding ortho intramolecular Hbond substituents is 1. The average Bonchev–Trinajstić information content (AvgIpc) is 2.15. The van der Waals surface area contributed by atoms with Crippen LogP contribution in [0.25, 0.3) is 0 Å². The molecule has 0 spiro atoms. The third-order valence-electron chi connectivity index (χ3n) is 2.36. The molecule has 1 aromatic rings. The van der Waals surface area contributed by atoms with E-state index in [-0.39, 0.29) is 11.8 Å². The second kappa shape index (κ2) is 4.29. The first-order chi connectivity index (χ1) is 6.49. The average molecular weight is 259 g/mol. The van der Waals surface area contributed by atoms with Crippen molar-refractivity contribution in [3.8, 4) is 5.75 Å². The summed E-state index contributed by atoms with van der Waals surface area (Å²) in [5.74, 6) is 0.253. The molecule has 1 rings (SSSR count). The Balaban J connectivity index is 3.39. The molecule has 0 saturated heterocycles. The van der Waals surface area contributed by atoms with Crippen molar-refractivity contribution in [1.29, 1.82) is 0 Å². The lowest BCUT2D eigenvalue weighted by atomic mass is 9.98. The Morgan fingerprint density at radius 3 is 2.57 bits per heavy atom. The first-order valence-electron chi connectivity index (χ1n) is 4.43. The third kappa shape index (κ3) is 1.92. The highest BCUT2D eigenvalue weighted by Gasteiger charge is 2.16. The van der Waals surface area contributed by atoms with E-state index in [2.05, 4.69) is 15.9 Å². The predicted octanol–water partition coefficient (Wildman–Crippen LogP) is 1.73. The molecule has 14 heavy (non-hydrogen) atoms. The zero-order valence-corrected chi connectivity index (χ0v) is 9.93. The molecule has 1 aromatic carbocycles. The smallest absolute Gasteiger partial charge is 0.123 e. The highest BCUT2D eigenvalue weighted by molar-refractivity contribution is 9.10. The van der Waals surface area contributed by atoms with E-state index >= 15 is 0 Å². The number of nitrogens with two attached hydrogens (primary N) is 2. The maximum Gasteiger partial charge on any atom is 0.123 e. The van der Waals surface area contributed by atoms with Crippen molar-refractivity contribution < 1.29 is 5.11 Å². The number of benzene rings is 1. The monoisotopic (exact) mass is 258 g/mol. The van der Waals surface area contributed by atoms with Crippen LogP contribution in [0.5, 0.6) is 5.75 Å². The quantitative estimate of drug-likeness (QED) is 0.757. The van der Waals surface area contributed by atoms with Crippen LogP contribution in [0.2, 0.25) is 0 Å². The van der Waals surface area contributed by atoms with Gasteiger partial charge < -0.3 is 16.6 Å². The Hall–Kier alpha value is -0.580. The number of aromatic hydroxyl groups is 1. The highest BCUT2D eigenvalue weighted by Crippen LogP contribution is 2.34. The van der Waals surface area contributed by atoms with E-state index in [4.69, 9.17) is 11.5 Å². The van der Waals surface area contributed by atoms with Crippen LogP contribution in [0.4, 0.5) is 0 Å². The van der Waals surface area contributed by atoms with E-state index in [1.165, 1.54) is 0 Å². The molecule has 0 aliphatic rings. The summed E-state index contributed by atoms with van der Waals surface area (Å²) in [6.45, 7) is 4.07. The molecule has 0 aromatic heterocycles. The van der Waals surface area contributed by atoms with Gasteiger partial charge >= 0.3 is 0 Å². The van der Waals surface area contributed by atoms with Crippen molar-refractivity contribution in [2.24, 2.45) is 11.5 Å². The van der Waals surface area contributed by atoms with E-state index in [0.29, 0.717) is 6.54 Å². The molecule has 0 fully saturated rings. The first kappa shape index (κ1) is 11.5. The number of halogens is 1. The molecular formula is C10H15BrN2O. The molecule has 5 N–H and O–H groups in total. The lowest BCUT2D eigenvalue weighted by Gasteiger charge is -2.17. The summed E-state index contributed by atoms with van der Waals surface area (Å²) in [6, 6.07) is 1.56. The lowest BCUT2D eigenvalue weighted by molar-refractivity contribution is 0.456. The molecule has 0 saturated carbocycles. The molecule has 0 radical (unpaired) electrons. The summed E-state index contributed by atoms with van der Waals surface area (Å²) in [6.07, 6.45) is 0. The van der Waals surface area contributed by atoms with Gasteiger partial charge in [0.1, 0.15) is 5.75 Å². The van der Waals surface area contributed by atoms with Gasteiger partial charge in [-0.3, -0.25) is 0 Å². The van der Waals surface area contributed by atoms with Gasteiger partial charge in [-0.2, -0.15) is 0 Å². The molecule has 0 heterocycles. The molecular weight excluding hydrogens is 244 g/mol. The Morgan fingerprint density at radius 2 is 2.07 bits per heavy atom. The summed E-state index contributed by atoms with van der Waals surface area (Å²) < 4.78 is 0.951. The molecule has 4 heteroatoms. The summed E-state index contributed by atoms with van der Waals surface area (Å²) in [5.41, 5.74) is 13.8. The molecule has 3 nitrogen and oxygen atoms in total. The van der Waals surface area contributed by atoms with Crippen molar-refractivity contribution in [1.82, 2.24) is 0 Å². The van der Waals surface area contributed by atoms with Gasteiger partial charge in [-0.25, -0.2) is 0 Å². The normalized spacial score (nSPS) is 12.9.